The van der Waals surface area contributed by atoms with Gasteiger partial charge in [-0.2, -0.15) is 0 Å². The number of methoxy groups -OCH3 is 2. The molecule has 1 amide bonds. The normalized spacial score (nSPS) is 11.2. The number of amides is 1. The number of carbonyl (C=O) groups is 1. The van der Waals surface area contributed by atoms with Gasteiger partial charge in [0.05, 0.1) is 24.6 Å². The molecule has 0 atom stereocenters. The van der Waals surface area contributed by atoms with Crippen molar-refractivity contribution in [2.24, 2.45) is 0 Å². The molecule has 0 bridgehead atoms. The molecule has 0 unspecified atom stereocenters. The van der Waals surface area contributed by atoms with Gasteiger partial charge in [0.15, 0.2) is 11.5 Å². The minimum atomic E-state index is -4.04. The smallest absolute Gasteiger partial charge is 0.284 e. The van der Waals surface area contributed by atoms with Crippen molar-refractivity contribution < 1.29 is 22.7 Å². The van der Waals surface area contributed by atoms with Crippen molar-refractivity contribution in [1.82, 2.24) is 15.2 Å². The summed E-state index contributed by atoms with van der Waals surface area (Å²) < 4.78 is 35.6. The summed E-state index contributed by atoms with van der Waals surface area (Å²) in [5.74, 6) is -0.00759. The first-order valence-electron chi connectivity index (χ1n) is 8.26. The molecule has 0 spiro atoms. The zero-order valence-corrected chi connectivity index (χ0v) is 16.3. The molecule has 3 rings (SSSR count). The number of rotatable bonds is 6. The van der Waals surface area contributed by atoms with Crippen LogP contribution in [0.3, 0.4) is 0 Å². The number of hydrogen-bond acceptors (Lipinski definition) is 6. The number of aromatic nitrogens is 1. The number of pyridine rings is 1. The fourth-order valence-electron chi connectivity index (χ4n) is 2.68. The van der Waals surface area contributed by atoms with Crippen LogP contribution in [0.25, 0.3) is 10.9 Å². The predicted molar refractivity (Wildman–Crippen MR) is 104 cm³/mol. The van der Waals surface area contributed by atoms with E-state index in [4.69, 9.17) is 9.47 Å². The second kappa shape index (κ2) is 7.83. The fraction of sp³-hybridized carbons (Fsp3) is 0.158. The number of nitrogens with one attached hydrogen (secondary N) is 2. The Balaban J connectivity index is 1.81. The second-order valence-corrected chi connectivity index (χ2v) is 7.57. The summed E-state index contributed by atoms with van der Waals surface area (Å²) in [6.07, 6.45) is 0. The quantitative estimate of drug-likeness (QED) is 0.613. The molecular weight excluding hydrogens is 382 g/mol. The molecule has 0 aliphatic rings. The van der Waals surface area contributed by atoms with Crippen LogP contribution in [-0.4, -0.2) is 33.5 Å². The average Bonchev–Trinajstić information content (AvgIpc) is 2.71. The van der Waals surface area contributed by atoms with E-state index in [9.17, 15) is 13.2 Å². The summed E-state index contributed by atoms with van der Waals surface area (Å²) in [6.45, 7) is 1.61. The highest BCUT2D eigenvalue weighted by Gasteiger charge is 2.21. The lowest BCUT2D eigenvalue weighted by Gasteiger charge is -2.14. The molecule has 0 aliphatic heterocycles. The van der Waals surface area contributed by atoms with Crippen LogP contribution in [0, 0.1) is 6.92 Å². The van der Waals surface area contributed by atoms with Crippen LogP contribution in [0.2, 0.25) is 0 Å². The van der Waals surface area contributed by atoms with E-state index in [0.717, 1.165) is 5.39 Å². The SMILES string of the molecule is COc1cc(C)c(S(=O)(=O)NNC(=O)c2ccc3ccccc3n2)cc1OC. The average molecular weight is 401 g/mol. The number of hydrogen-bond donors (Lipinski definition) is 2. The summed E-state index contributed by atoms with van der Waals surface area (Å²) in [4.78, 5) is 18.6. The van der Waals surface area contributed by atoms with Gasteiger partial charge < -0.3 is 9.47 Å². The molecule has 3 aromatic rings. The zero-order valence-electron chi connectivity index (χ0n) is 15.5. The van der Waals surface area contributed by atoms with Gasteiger partial charge in [0, 0.05) is 11.5 Å². The fourth-order valence-corrected chi connectivity index (χ4v) is 3.76. The van der Waals surface area contributed by atoms with Crippen molar-refractivity contribution in [3.8, 4) is 11.5 Å². The predicted octanol–water partition coefficient (Wildman–Crippen LogP) is 2.18. The van der Waals surface area contributed by atoms with Crippen LogP contribution < -0.4 is 19.7 Å². The minimum absolute atomic E-state index is 0.0445. The van der Waals surface area contributed by atoms with Crippen molar-refractivity contribution in [2.75, 3.05) is 14.2 Å². The summed E-state index contributed by atoms with van der Waals surface area (Å²) in [5.41, 5.74) is 3.34. The highest BCUT2D eigenvalue weighted by atomic mass is 32.2. The molecule has 0 saturated heterocycles. The van der Waals surface area contributed by atoms with E-state index < -0.39 is 15.9 Å². The highest BCUT2D eigenvalue weighted by molar-refractivity contribution is 7.89. The lowest BCUT2D eigenvalue weighted by atomic mass is 10.2. The van der Waals surface area contributed by atoms with Crippen LogP contribution in [-0.2, 0) is 10.0 Å². The Kier molecular flexibility index (Phi) is 5.48. The van der Waals surface area contributed by atoms with Gasteiger partial charge in [0.1, 0.15) is 5.69 Å². The monoisotopic (exact) mass is 401 g/mol. The van der Waals surface area contributed by atoms with Gasteiger partial charge >= 0.3 is 0 Å². The van der Waals surface area contributed by atoms with E-state index in [1.165, 1.54) is 26.4 Å². The largest absolute Gasteiger partial charge is 0.493 e. The molecule has 2 N–H and O–H groups in total. The molecule has 0 radical (unpaired) electrons. The molecule has 28 heavy (non-hydrogen) atoms. The van der Waals surface area contributed by atoms with E-state index in [-0.39, 0.29) is 16.3 Å². The number of aryl methyl sites for hydroxylation is 1. The maximum Gasteiger partial charge on any atom is 0.284 e. The van der Waals surface area contributed by atoms with Crippen LogP contribution in [0.1, 0.15) is 16.1 Å². The zero-order chi connectivity index (χ0) is 20.3. The number of carbonyl (C=O) groups excluding carboxylic acids is 1. The van der Waals surface area contributed by atoms with Gasteiger partial charge in [-0.15, -0.1) is 4.83 Å². The number of fused-ring (bicyclic) bond motifs is 1. The molecule has 146 valence electrons. The third-order valence-corrected chi connectivity index (χ3v) is 5.49. The van der Waals surface area contributed by atoms with Gasteiger partial charge in [-0.25, -0.2) is 13.4 Å². The first-order chi connectivity index (χ1) is 13.4. The maximum absolute atomic E-state index is 12.6. The molecule has 0 aliphatic carbocycles. The van der Waals surface area contributed by atoms with Crippen molar-refractivity contribution in [1.29, 1.82) is 0 Å². The first-order valence-corrected chi connectivity index (χ1v) is 9.74. The van der Waals surface area contributed by atoms with Crippen LogP contribution >= 0.6 is 0 Å². The van der Waals surface area contributed by atoms with E-state index in [2.05, 4.69) is 15.2 Å². The Bertz CT molecular complexity index is 1150. The van der Waals surface area contributed by atoms with E-state index in [1.54, 1.807) is 31.2 Å². The molecule has 0 saturated carbocycles. The summed E-state index contributed by atoms with van der Waals surface area (Å²) in [6, 6.07) is 13.4. The van der Waals surface area contributed by atoms with Crippen molar-refractivity contribution in [3.63, 3.8) is 0 Å². The highest BCUT2D eigenvalue weighted by Crippen LogP contribution is 2.32. The second-order valence-electron chi connectivity index (χ2n) is 5.92. The maximum atomic E-state index is 12.6. The Labute approximate surface area is 162 Å². The number of benzene rings is 2. The third-order valence-electron chi connectivity index (χ3n) is 4.10. The van der Waals surface area contributed by atoms with Crippen molar-refractivity contribution in [3.05, 3.63) is 59.8 Å². The Hall–Kier alpha value is -3.17. The van der Waals surface area contributed by atoms with Crippen LogP contribution in [0.15, 0.2) is 53.4 Å². The summed E-state index contributed by atoms with van der Waals surface area (Å²) in [7, 11) is -1.17. The van der Waals surface area contributed by atoms with E-state index in [0.29, 0.717) is 16.8 Å². The van der Waals surface area contributed by atoms with Crippen molar-refractivity contribution in [2.45, 2.75) is 11.8 Å². The molecule has 1 aromatic heterocycles. The van der Waals surface area contributed by atoms with Crippen LogP contribution in [0.4, 0.5) is 0 Å². The Morgan fingerprint density at radius 2 is 1.68 bits per heavy atom. The molecule has 1 heterocycles. The molecule has 2 aromatic carbocycles. The van der Waals surface area contributed by atoms with Gasteiger partial charge in [0.2, 0.25) is 0 Å². The third kappa shape index (κ3) is 3.90. The standard InChI is InChI=1S/C19H19N3O5S/c1-12-10-16(26-2)17(27-3)11-18(12)28(24,25)22-21-19(23)15-9-8-13-6-4-5-7-14(13)20-15/h4-11,22H,1-3H3,(H,21,23). The van der Waals surface area contributed by atoms with E-state index in [1.807, 2.05) is 12.1 Å². The number of sulfonamides is 1. The van der Waals surface area contributed by atoms with Crippen LogP contribution in [0.5, 0.6) is 11.5 Å². The number of ether oxygens (including phenoxy) is 2. The van der Waals surface area contributed by atoms with Gasteiger partial charge in [-0.05, 0) is 30.7 Å². The Morgan fingerprint density at radius 1 is 1.00 bits per heavy atom. The first kappa shape index (κ1) is 19.6. The number of nitrogens with zero attached hydrogens (tertiary/aromatic N) is 1. The number of para-hydroxylation sites is 1. The topological polar surface area (TPSA) is 107 Å². The lowest BCUT2D eigenvalue weighted by molar-refractivity contribution is 0.0940. The molecule has 8 nitrogen and oxygen atoms in total. The summed E-state index contributed by atoms with van der Waals surface area (Å²) >= 11 is 0. The molecule has 0 fully saturated rings. The number of hydrazine groups is 1. The Morgan fingerprint density at radius 3 is 2.39 bits per heavy atom. The summed E-state index contributed by atoms with van der Waals surface area (Å²) in [5, 5.41) is 0.876. The molecular formula is C19H19N3O5S. The van der Waals surface area contributed by atoms with Gasteiger partial charge in [0.25, 0.3) is 15.9 Å². The molecule has 9 heteroatoms. The van der Waals surface area contributed by atoms with Gasteiger partial charge in [-0.1, -0.05) is 24.3 Å². The minimum Gasteiger partial charge on any atom is -0.493 e. The van der Waals surface area contributed by atoms with Crippen molar-refractivity contribution >= 4 is 26.8 Å². The van der Waals surface area contributed by atoms with E-state index >= 15 is 0 Å². The lowest BCUT2D eigenvalue weighted by Crippen LogP contribution is -2.42. The van der Waals surface area contributed by atoms with Gasteiger partial charge in [-0.3, -0.25) is 10.2 Å².